The summed E-state index contributed by atoms with van der Waals surface area (Å²) in [5.74, 6) is 0. The molecule has 0 saturated heterocycles. The third-order valence-electron chi connectivity index (χ3n) is 3.05. The van der Waals surface area contributed by atoms with Crippen LogP contribution < -0.4 is 0 Å². The lowest BCUT2D eigenvalue weighted by molar-refractivity contribution is 0.152. The number of urea groups is 1. The molecule has 1 rings (SSSR count). The Hall–Kier alpha value is -1.24. The average Bonchev–Trinajstić information content (AvgIpc) is 2.77. The van der Waals surface area contributed by atoms with E-state index >= 15 is 0 Å². The zero-order valence-electron chi connectivity index (χ0n) is 9.57. The molecule has 0 aromatic heterocycles. The molecule has 1 aliphatic carbocycles. The molecule has 0 heterocycles. The second-order valence-electron chi connectivity index (χ2n) is 4.02. The first-order valence-corrected chi connectivity index (χ1v) is 5.59. The van der Waals surface area contributed by atoms with E-state index in [1.165, 1.54) is 12.8 Å². The van der Waals surface area contributed by atoms with E-state index in [2.05, 4.69) is 6.07 Å². The predicted molar refractivity (Wildman–Crippen MR) is 58.3 cm³/mol. The summed E-state index contributed by atoms with van der Waals surface area (Å²) in [6.07, 6.45) is 4.45. The number of carbonyl (C=O) groups is 1. The highest BCUT2D eigenvalue weighted by atomic mass is 16.2. The molecule has 1 aliphatic rings. The van der Waals surface area contributed by atoms with Gasteiger partial charge in [0, 0.05) is 19.6 Å². The summed E-state index contributed by atoms with van der Waals surface area (Å²) in [6.45, 7) is 2.85. The van der Waals surface area contributed by atoms with Crippen molar-refractivity contribution in [1.82, 2.24) is 9.80 Å². The molecule has 0 aliphatic heterocycles. The molecule has 0 unspecified atom stereocenters. The summed E-state index contributed by atoms with van der Waals surface area (Å²) in [4.78, 5) is 15.3. The van der Waals surface area contributed by atoms with E-state index in [1.54, 1.807) is 16.8 Å². The van der Waals surface area contributed by atoms with Crippen molar-refractivity contribution in [3.63, 3.8) is 0 Å². The second-order valence-corrected chi connectivity index (χ2v) is 4.02. The monoisotopic (exact) mass is 209 g/mol. The van der Waals surface area contributed by atoms with Gasteiger partial charge in [-0.2, -0.15) is 5.26 Å². The molecular weight excluding hydrogens is 190 g/mol. The van der Waals surface area contributed by atoms with Crippen molar-refractivity contribution in [2.45, 2.75) is 38.6 Å². The fraction of sp³-hybridized carbons (Fsp3) is 0.818. The van der Waals surface area contributed by atoms with Crippen LogP contribution in [-0.2, 0) is 0 Å². The van der Waals surface area contributed by atoms with Crippen LogP contribution in [0.15, 0.2) is 0 Å². The standard InChI is InChI=1S/C11H19N3O/c1-3-13(2)11(15)14(9-8-12)10-6-4-5-7-10/h10H,3-7,9H2,1-2H3. The predicted octanol–water partition coefficient (Wildman–Crippen LogP) is 1.83. The summed E-state index contributed by atoms with van der Waals surface area (Å²) >= 11 is 0. The van der Waals surface area contributed by atoms with Gasteiger partial charge in [0.05, 0.1) is 6.07 Å². The molecule has 0 bridgehead atoms. The molecule has 0 spiro atoms. The number of nitriles is 1. The minimum Gasteiger partial charge on any atom is -0.328 e. The molecule has 0 aromatic rings. The summed E-state index contributed by atoms with van der Waals surface area (Å²) in [7, 11) is 1.78. The number of rotatable bonds is 3. The fourth-order valence-electron chi connectivity index (χ4n) is 2.00. The van der Waals surface area contributed by atoms with Crippen molar-refractivity contribution in [2.24, 2.45) is 0 Å². The van der Waals surface area contributed by atoms with Crippen molar-refractivity contribution in [2.75, 3.05) is 20.1 Å². The summed E-state index contributed by atoms with van der Waals surface area (Å²) in [5, 5.41) is 8.74. The Morgan fingerprint density at radius 2 is 2.07 bits per heavy atom. The van der Waals surface area contributed by atoms with Crippen LogP contribution in [0.2, 0.25) is 0 Å². The molecule has 2 amide bonds. The molecule has 4 nitrogen and oxygen atoms in total. The zero-order chi connectivity index (χ0) is 11.3. The summed E-state index contributed by atoms with van der Waals surface area (Å²) < 4.78 is 0. The fourth-order valence-corrected chi connectivity index (χ4v) is 2.00. The largest absolute Gasteiger partial charge is 0.328 e. The average molecular weight is 209 g/mol. The second kappa shape index (κ2) is 5.59. The van der Waals surface area contributed by atoms with Gasteiger partial charge in [0.1, 0.15) is 6.54 Å². The summed E-state index contributed by atoms with van der Waals surface area (Å²) in [6, 6.07) is 2.36. The van der Waals surface area contributed by atoms with Gasteiger partial charge in [-0.05, 0) is 19.8 Å². The minimum absolute atomic E-state index is 0.00838. The Kier molecular flexibility index (Phi) is 4.41. The molecule has 1 saturated carbocycles. The van der Waals surface area contributed by atoms with Crippen molar-refractivity contribution in [3.8, 4) is 6.07 Å². The van der Waals surface area contributed by atoms with E-state index in [0.29, 0.717) is 6.54 Å². The Bertz CT molecular complexity index is 253. The third kappa shape index (κ3) is 2.85. The molecular formula is C11H19N3O. The van der Waals surface area contributed by atoms with Gasteiger partial charge in [0.15, 0.2) is 0 Å². The van der Waals surface area contributed by atoms with Gasteiger partial charge in [-0.3, -0.25) is 0 Å². The lowest BCUT2D eigenvalue weighted by Gasteiger charge is -2.30. The molecule has 0 N–H and O–H groups in total. The number of hydrogen-bond donors (Lipinski definition) is 0. The number of carbonyl (C=O) groups excluding carboxylic acids is 1. The Morgan fingerprint density at radius 3 is 2.53 bits per heavy atom. The first-order chi connectivity index (χ1) is 7.20. The van der Waals surface area contributed by atoms with Crippen molar-refractivity contribution >= 4 is 6.03 Å². The van der Waals surface area contributed by atoms with Gasteiger partial charge >= 0.3 is 6.03 Å². The maximum Gasteiger partial charge on any atom is 0.320 e. The van der Waals surface area contributed by atoms with Crippen molar-refractivity contribution in [3.05, 3.63) is 0 Å². The number of nitrogens with zero attached hydrogens (tertiary/aromatic N) is 3. The Labute approximate surface area is 91.5 Å². The molecule has 1 fully saturated rings. The normalized spacial score (nSPS) is 16.1. The van der Waals surface area contributed by atoms with Crippen LogP contribution in [0.25, 0.3) is 0 Å². The zero-order valence-corrected chi connectivity index (χ0v) is 9.57. The highest BCUT2D eigenvalue weighted by Gasteiger charge is 2.27. The van der Waals surface area contributed by atoms with Crippen molar-refractivity contribution in [1.29, 1.82) is 5.26 Å². The van der Waals surface area contributed by atoms with E-state index in [4.69, 9.17) is 5.26 Å². The number of hydrogen-bond acceptors (Lipinski definition) is 2. The number of amides is 2. The van der Waals surface area contributed by atoms with E-state index in [1.807, 2.05) is 6.92 Å². The van der Waals surface area contributed by atoms with Crippen LogP contribution in [0.1, 0.15) is 32.6 Å². The Morgan fingerprint density at radius 1 is 1.47 bits per heavy atom. The highest BCUT2D eigenvalue weighted by molar-refractivity contribution is 5.74. The van der Waals surface area contributed by atoms with Gasteiger partial charge in [-0.25, -0.2) is 4.79 Å². The van der Waals surface area contributed by atoms with Crippen LogP contribution in [0, 0.1) is 11.3 Å². The van der Waals surface area contributed by atoms with Crippen LogP contribution >= 0.6 is 0 Å². The lowest BCUT2D eigenvalue weighted by atomic mass is 10.2. The third-order valence-corrected chi connectivity index (χ3v) is 3.05. The SMILES string of the molecule is CCN(C)C(=O)N(CC#N)C1CCCC1. The smallest absolute Gasteiger partial charge is 0.320 e. The molecule has 4 heteroatoms. The first kappa shape index (κ1) is 11.8. The quantitative estimate of drug-likeness (QED) is 0.666. The van der Waals surface area contributed by atoms with E-state index in [0.717, 1.165) is 12.8 Å². The summed E-state index contributed by atoms with van der Waals surface area (Å²) in [5.41, 5.74) is 0. The van der Waals surface area contributed by atoms with Crippen LogP contribution in [0.3, 0.4) is 0 Å². The van der Waals surface area contributed by atoms with Gasteiger partial charge in [0.2, 0.25) is 0 Å². The molecule has 0 radical (unpaired) electrons. The van der Waals surface area contributed by atoms with Gasteiger partial charge in [-0.1, -0.05) is 12.8 Å². The molecule has 0 atom stereocenters. The minimum atomic E-state index is -0.00838. The van der Waals surface area contributed by atoms with Gasteiger partial charge in [-0.15, -0.1) is 0 Å². The highest BCUT2D eigenvalue weighted by Crippen LogP contribution is 2.23. The molecule has 84 valence electrons. The van der Waals surface area contributed by atoms with Crippen LogP contribution in [0.4, 0.5) is 4.79 Å². The lowest BCUT2D eigenvalue weighted by Crippen LogP contribution is -2.46. The van der Waals surface area contributed by atoms with E-state index in [9.17, 15) is 4.79 Å². The Balaban J connectivity index is 2.64. The topological polar surface area (TPSA) is 47.3 Å². The molecule has 0 aromatic carbocycles. The van der Waals surface area contributed by atoms with Crippen LogP contribution in [-0.4, -0.2) is 42.0 Å². The maximum atomic E-state index is 12.0. The first-order valence-electron chi connectivity index (χ1n) is 5.59. The van der Waals surface area contributed by atoms with Crippen molar-refractivity contribution < 1.29 is 4.79 Å². The molecule has 15 heavy (non-hydrogen) atoms. The van der Waals surface area contributed by atoms with Gasteiger partial charge < -0.3 is 9.80 Å². The van der Waals surface area contributed by atoms with E-state index < -0.39 is 0 Å². The maximum absolute atomic E-state index is 12.0. The van der Waals surface area contributed by atoms with E-state index in [-0.39, 0.29) is 18.6 Å². The van der Waals surface area contributed by atoms with Crippen LogP contribution in [0.5, 0.6) is 0 Å². The van der Waals surface area contributed by atoms with Gasteiger partial charge in [0.25, 0.3) is 0 Å².